The van der Waals surface area contributed by atoms with Crippen LogP contribution in [0.25, 0.3) is 0 Å². The third-order valence-electron chi connectivity index (χ3n) is 3.37. The van der Waals surface area contributed by atoms with Crippen LogP contribution in [0.5, 0.6) is 0 Å². The average molecular weight is 265 g/mol. The lowest BCUT2D eigenvalue weighted by atomic mass is 10.0. The molecular weight excluding hydrogens is 242 g/mol. The number of nitrogens with zero attached hydrogens (tertiary/aromatic N) is 4. The SMILES string of the molecule is CC(C)C[C@H]1C(=O)NCCCN1Cc1cn(C)nn1. The second-order valence-corrected chi connectivity index (χ2v) is 5.64. The van der Waals surface area contributed by atoms with Crippen molar-refractivity contribution in [2.45, 2.75) is 39.3 Å². The molecule has 1 N–H and O–H groups in total. The number of aromatic nitrogens is 3. The lowest BCUT2D eigenvalue weighted by molar-refractivity contribution is -0.126. The first-order chi connectivity index (χ1) is 9.06. The van der Waals surface area contributed by atoms with E-state index < -0.39 is 0 Å². The fourth-order valence-electron chi connectivity index (χ4n) is 2.50. The van der Waals surface area contributed by atoms with Crippen molar-refractivity contribution < 1.29 is 4.79 Å². The molecule has 1 fully saturated rings. The molecule has 2 rings (SSSR count). The van der Waals surface area contributed by atoms with Crippen molar-refractivity contribution in [3.63, 3.8) is 0 Å². The number of nitrogens with one attached hydrogen (secondary N) is 1. The topological polar surface area (TPSA) is 63.1 Å². The van der Waals surface area contributed by atoms with E-state index in [9.17, 15) is 4.79 Å². The van der Waals surface area contributed by atoms with Crippen LogP contribution in [0.3, 0.4) is 0 Å². The Bertz CT molecular complexity index is 428. The van der Waals surface area contributed by atoms with Gasteiger partial charge in [0.15, 0.2) is 0 Å². The minimum atomic E-state index is -0.0514. The highest BCUT2D eigenvalue weighted by molar-refractivity contribution is 5.81. The largest absolute Gasteiger partial charge is 0.355 e. The quantitative estimate of drug-likeness (QED) is 0.863. The van der Waals surface area contributed by atoms with Crippen molar-refractivity contribution in [1.82, 2.24) is 25.2 Å². The highest BCUT2D eigenvalue weighted by atomic mass is 16.2. The van der Waals surface area contributed by atoms with E-state index >= 15 is 0 Å². The molecule has 0 unspecified atom stereocenters. The molecule has 106 valence electrons. The van der Waals surface area contributed by atoms with Crippen LogP contribution in [-0.4, -0.2) is 44.9 Å². The van der Waals surface area contributed by atoms with E-state index in [2.05, 4.69) is 34.4 Å². The van der Waals surface area contributed by atoms with E-state index in [0.717, 1.165) is 31.6 Å². The van der Waals surface area contributed by atoms with Crippen molar-refractivity contribution in [2.24, 2.45) is 13.0 Å². The third-order valence-corrected chi connectivity index (χ3v) is 3.37. The molecule has 1 amide bonds. The maximum atomic E-state index is 12.2. The Labute approximate surface area is 114 Å². The summed E-state index contributed by atoms with van der Waals surface area (Å²) in [4.78, 5) is 14.4. The second-order valence-electron chi connectivity index (χ2n) is 5.64. The Morgan fingerprint density at radius 1 is 1.53 bits per heavy atom. The normalized spacial score (nSPS) is 21.5. The number of carbonyl (C=O) groups excluding carboxylic acids is 1. The summed E-state index contributed by atoms with van der Waals surface area (Å²) in [7, 11) is 1.86. The first-order valence-corrected chi connectivity index (χ1v) is 6.93. The molecule has 0 aromatic carbocycles. The van der Waals surface area contributed by atoms with Gasteiger partial charge in [-0.2, -0.15) is 0 Å². The van der Waals surface area contributed by atoms with Crippen LogP contribution in [0.2, 0.25) is 0 Å². The Balaban J connectivity index is 2.10. The maximum Gasteiger partial charge on any atom is 0.237 e. The van der Waals surface area contributed by atoms with Gasteiger partial charge in [-0.25, -0.2) is 0 Å². The van der Waals surface area contributed by atoms with E-state index in [1.54, 1.807) is 4.68 Å². The highest BCUT2D eigenvalue weighted by Crippen LogP contribution is 2.16. The molecule has 0 saturated carbocycles. The van der Waals surface area contributed by atoms with Crippen molar-refractivity contribution >= 4 is 5.91 Å². The number of rotatable bonds is 4. The fourth-order valence-corrected chi connectivity index (χ4v) is 2.50. The summed E-state index contributed by atoms with van der Waals surface area (Å²) in [5.41, 5.74) is 0.922. The Morgan fingerprint density at radius 2 is 2.32 bits per heavy atom. The van der Waals surface area contributed by atoms with Crippen molar-refractivity contribution in [1.29, 1.82) is 0 Å². The van der Waals surface area contributed by atoms with Gasteiger partial charge in [-0.05, 0) is 18.8 Å². The van der Waals surface area contributed by atoms with Crippen LogP contribution in [0, 0.1) is 5.92 Å². The first-order valence-electron chi connectivity index (χ1n) is 6.93. The highest BCUT2D eigenvalue weighted by Gasteiger charge is 2.29. The lowest BCUT2D eigenvalue weighted by Gasteiger charge is -2.28. The second kappa shape index (κ2) is 6.14. The molecule has 1 aliphatic rings. The van der Waals surface area contributed by atoms with Crippen LogP contribution in [-0.2, 0) is 18.4 Å². The summed E-state index contributed by atoms with van der Waals surface area (Å²) in [6, 6.07) is -0.0514. The Morgan fingerprint density at radius 3 is 2.95 bits per heavy atom. The molecule has 2 heterocycles. The molecule has 0 aliphatic carbocycles. The van der Waals surface area contributed by atoms with Gasteiger partial charge in [0.05, 0.1) is 11.7 Å². The van der Waals surface area contributed by atoms with Crippen molar-refractivity contribution in [2.75, 3.05) is 13.1 Å². The molecular formula is C13H23N5O. The molecule has 1 aliphatic heterocycles. The fraction of sp³-hybridized carbons (Fsp3) is 0.769. The molecule has 19 heavy (non-hydrogen) atoms. The predicted octanol–water partition coefficient (Wildman–Crippen LogP) is 0.552. The van der Waals surface area contributed by atoms with E-state index in [1.807, 2.05) is 13.2 Å². The van der Waals surface area contributed by atoms with E-state index in [-0.39, 0.29) is 11.9 Å². The summed E-state index contributed by atoms with van der Waals surface area (Å²) >= 11 is 0. The van der Waals surface area contributed by atoms with Crippen LogP contribution in [0.1, 0.15) is 32.4 Å². The van der Waals surface area contributed by atoms with E-state index in [4.69, 9.17) is 0 Å². The van der Waals surface area contributed by atoms with Gasteiger partial charge in [-0.3, -0.25) is 14.4 Å². The standard InChI is InChI=1S/C13H23N5O/c1-10(2)7-12-13(19)14-5-4-6-18(12)9-11-8-17(3)16-15-11/h8,10,12H,4-7,9H2,1-3H3,(H,14,19)/t12-/m0/s1. The van der Waals surface area contributed by atoms with Crippen molar-refractivity contribution in [3.8, 4) is 0 Å². The zero-order valence-corrected chi connectivity index (χ0v) is 12.0. The van der Waals surface area contributed by atoms with Gasteiger partial charge in [-0.15, -0.1) is 5.10 Å². The zero-order chi connectivity index (χ0) is 13.8. The minimum absolute atomic E-state index is 0.0514. The lowest BCUT2D eigenvalue weighted by Crippen LogP contribution is -2.44. The summed E-state index contributed by atoms with van der Waals surface area (Å²) in [5, 5.41) is 11.1. The molecule has 1 saturated heterocycles. The van der Waals surface area contributed by atoms with Gasteiger partial charge in [0.25, 0.3) is 0 Å². The van der Waals surface area contributed by atoms with E-state index in [1.165, 1.54) is 0 Å². The maximum absolute atomic E-state index is 12.2. The number of hydrogen-bond acceptors (Lipinski definition) is 4. The molecule has 6 heteroatoms. The van der Waals surface area contributed by atoms with Gasteiger partial charge >= 0.3 is 0 Å². The molecule has 1 aromatic heterocycles. The number of aryl methyl sites for hydroxylation is 1. The minimum Gasteiger partial charge on any atom is -0.355 e. The van der Waals surface area contributed by atoms with Crippen LogP contribution in [0.4, 0.5) is 0 Å². The van der Waals surface area contributed by atoms with Gasteiger partial charge in [0.1, 0.15) is 0 Å². The smallest absolute Gasteiger partial charge is 0.237 e. The summed E-state index contributed by atoms with van der Waals surface area (Å²) in [6.07, 6.45) is 3.78. The summed E-state index contributed by atoms with van der Waals surface area (Å²) in [5.74, 6) is 0.647. The molecule has 0 spiro atoms. The first kappa shape index (κ1) is 14.0. The molecule has 1 atom stereocenters. The van der Waals surface area contributed by atoms with Crippen molar-refractivity contribution in [3.05, 3.63) is 11.9 Å². The third kappa shape index (κ3) is 3.76. The van der Waals surface area contributed by atoms with Crippen LogP contribution < -0.4 is 5.32 Å². The predicted molar refractivity (Wildman–Crippen MR) is 72.3 cm³/mol. The van der Waals surface area contributed by atoms with Gasteiger partial charge in [-0.1, -0.05) is 19.1 Å². The van der Waals surface area contributed by atoms with Gasteiger partial charge in [0.2, 0.25) is 5.91 Å². The molecule has 6 nitrogen and oxygen atoms in total. The number of carbonyl (C=O) groups is 1. The Kier molecular flexibility index (Phi) is 4.52. The molecule has 0 radical (unpaired) electrons. The monoisotopic (exact) mass is 265 g/mol. The summed E-state index contributed by atoms with van der Waals surface area (Å²) in [6.45, 7) is 6.69. The molecule has 0 bridgehead atoms. The van der Waals surface area contributed by atoms with Crippen LogP contribution in [0.15, 0.2) is 6.20 Å². The van der Waals surface area contributed by atoms with Crippen LogP contribution >= 0.6 is 0 Å². The van der Waals surface area contributed by atoms with Gasteiger partial charge < -0.3 is 5.32 Å². The Hall–Kier alpha value is -1.43. The number of amides is 1. The molecule has 1 aromatic rings. The summed E-state index contributed by atoms with van der Waals surface area (Å²) < 4.78 is 1.70. The number of hydrogen-bond donors (Lipinski definition) is 1. The van der Waals surface area contributed by atoms with E-state index in [0.29, 0.717) is 12.5 Å². The zero-order valence-electron chi connectivity index (χ0n) is 12.0. The average Bonchev–Trinajstić information content (AvgIpc) is 2.67. The van der Waals surface area contributed by atoms with Gasteiger partial charge in [0, 0.05) is 32.9 Å².